The van der Waals surface area contributed by atoms with E-state index in [1.54, 1.807) is 18.5 Å². The number of ether oxygens (including phenoxy) is 1. The summed E-state index contributed by atoms with van der Waals surface area (Å²) in [5.74, 6) is -3.47. The number of cyclic esters (lactones) is 1. The van der Waals surface area contributed by atoms with E-state index >= 15 is 8.78 Å². The van der Waals surface area contributed by atoms with Gasteiger partial charge in [-0.15, -0.1) is 11.3 Å². The summed E-state index contributed by atoms with van der Waals surface area (Å²) in [6.07, 6.45) is -3.55. The third-order valence-corrected chi connectivity index (χ3v) is 6.26. The molecule has 0 saturated carbocycles. The maximum atomic E-state index is 15.1. The number of carbonyl (C=O) groups is 3. The number of aromatic nitrogens is 1. The van der Waals surface area contributed by atoms with E-state index in [0.29, 0.717) is 5.01 Å². The summed E-state index contributed by atoms with van der Waals surface area (Å²) in [5.41, 5.74) is -0.517. The van der Waals surface area contributed by atoms with E-state index in [2.05, 4.69) is 10.3 Å². The molecule has 2 N–H and O–H groups in total. The monoisotopic (exact) mass is 562 g/mol. The summed E-state index contributed by atoms with van der Waals surface area (Å²) in [6, 6.07) is 1.33. The molecule has 208 valence electrons. The Balaban J connectivity index is 1.63. The van der Waals surface area contributed by atoms with Gasteiger partial charge in [0.25, 0.3) is 5.91 Å². The van der Waals surface area contributed by atoms with Crippen LogP contribution in [0, 0.1) is 11.6 Å². The van der Waals surface area contributed by atoms with Gasteiger partial charge in [0.05, 0.1) is 39.0 Å². The van der Waals surface area contributed by atoms with Gasteiger partial charge >= 0.3 is 18.5 Å². The fourth-order valence-electron chi connectivity index (χ4n) is 3.64. The molecule has 11 nitrogen and oxygen atoms in total. The van der Waals surface area contributed by atoms with Crippen LogP contribution in [0.15, 0.2) is 23.7 Å². The summed E-state index contributed by atoms with van der Waals surface area (Å²) >= 11 is 1.37. The van der Waals surface area contributed by atoms with Gasteiger partial charge in [0.2, 0.25) is 0 Å². The number of nitrogens with one attached hydrogen (secondary N) is 2. The van der Waals surface area contributed by atoms with Gasteiger partial charge in [-0.05, 0) is 6.92 Å². The number of amides is 4. The number of hydroxylamine groups is 2. The van der Waals surface area contributed by atoms with Gasteiger partial charge in [-0.25, -0.2) is 28.4 Å². The Bertz CT molecular complexity index is 1100. The van der Waals surface area contributed by atoms with Crippen LogP contribution in [0.25, 0.3) is 0 Å². The first-order valence-electron chi connectivity index (χ1n) is 11.4. The number of thiazole rings is 1. The van der Waals surface area contributed by atoms with Crippen LogP contribution in [0.5, 0.6) is 0 Å². The molecular formula is C22H26F4N6O5S. The number of alkyl halides is 2. The third-order valence-electron chi connectivity index (χ3n) is 5.48. The molecule has 1 aromatic carbocycles. The number of hydrogen-bond acceptors (Lipinski definition) is 8. The molecule has 1 aromatic heterocycles. The van der Waals surface area contributed by atoms with Crippen LogP contribution in [0.3, 0.4) is 0 Å². The maximum Gasteiger partial charge on any atom is 0.414 e. The molecule has 38 heavy (non-hydrogen) atoms. The van der Waals surface area contributed by atoms with Crippen molar-refractivity contribution >= 4 is 40.7 Å². The third kappa shape index (κ3) is 7.22. The minimum atomic E-state index is -3.23. The number of benzene rings is 1. The average molecular weight is 563 g/mol. The predicted molar refractivity (Wildman–Crippen MR) is 129 cm³/mol. The highest BCUT2D eigenvalue weighted by molar-refractivity contribution is 7.09. The van der Waals surface area contributed by atoms with Crippen molar-refractivity contribution in [2.24, 2.45) is 0 Å². The number of halogens is 4. The minimum Gasteiger partial charge on any atom is -0.442 e. The molecule has 0 radical (unpaired) electrons. The molecule has 0 unspecified atom stereocenters. The van der Waals surface area contributed by atoms with Crippen LogP contribution >= 0.6 is 11.3 Å². The number of anilines is 2. The number of rotatable bonds is 12. The molecule has 1 atom stereocenters. The lowest BCUT2D eigenvalue weighted by atomic mass is 10.2. The molecule has 16 heteroatoms. The highest BCUT2D eigenvalue weighted by Crippen LogP contribution is 2.31. The number of urea groups is 1. The van der Waals surface area contributed by atoms with E-state index in [1.807, 2.05) is 5.32 Å². The van der Waals surface area contributed by atoms with E-state index in [0.717, 1.165) is 22.1 Å². The number of carbonyl (C=O) groups excluding carboxylic acids is 3. The van der Waals surface area contributed by atoms with Gasteiger partial charge in [-0.2, -0.15) is 8.78 Å². The topological polar surface area (TPSA) is 116 Å². The Morgan fingerprint density at radius 1 is 1.26 bits per heavy atom. The van der Waals surface area contributed by atoms with Crippen LogP contribution in [0.4, 0.5) is 38.5 Å². The second kappa shape index (κ2) is 13.2. The molecule has 4 amide bonds. The Morgan fingerprint density at radius 3 is 2.55 bits per heavy atom. The van der Waals surface area contributed by atoms with Crippen LogP contribution in [-0.2, 0) is 20.9 Å². The van der Waals surface area contributed by atoms with Crippen molar-refractivity contribution in [1.29, 1.82) is 0 Å². The molecule has 1 saturated heterocycles. The molecule has 2 aromatic rings. The second-order valence-corrected chi connectivity index (χ2v) is 8.85. The molecule has 3 rings (SSSR count). The zero-order valence-corrected chi connectivity index (χ0v) is 21.3. The summed E-state index contributed by atoms with van der Waals surface area (Å²) in [4.78, 5) is 47.1. The molecule has 1 aliphatic heterocycles. The highest BCUT2D eigenvalue weighted by Gasteiger charge is 2.34. The first-order valence-corrected chi connectivity index (χ1v) is 12.3. The first kappa shape index (κ1) is 28.9. The summed E-state index contributed by atoms with van der Waals surface area (Å²) in [6.45, 7) is 1.43. The molecule has 2 heterocycles. The van der Waals surface area contributed by atoms with E-state index in [9.17, 15) is 23.2 Å². The normalized spacial score (nSPS) is 15.0. The van der Waals surface area contributed by atoms with Crippen molar-refractivity contribution in [3.63, 3.8) is 0 Å². The van der Waals surface area contributed by atoms with Gasteiger partial charge in [-0.1, -0.05) is 0 Å². The number of likely N-dealkylation sites (N-methyl/N-ethyl adjacent to an activating group) is 1. The first-order chi connectivity index (χ1) is 18.1. The second-order valence-electron chi connectivity index (χ2n) is 7.87. The van der Waals surface area contributed by atoms with Crippen LogP contribution in [0.2, 0.25) is 0 Å². The highest BCUT2D eigenvalue weighted by atomic mass is 32.1. The van der Waals surface area contributed by atoms with Crippen molar-refractivity contribution < 1.29 is 41.5 Å². The maximum absolute atomic E-state index is 15.1. The fraction of sp³-hybridized carbons (Fsp3) is 0.455. The Labute approximate surface area is 219 Å². The average Bonchev–Trinajstić information content (AvgIpc) is 3.54. The summed E-state index contributed by atoms with van der Waals surface area (Å²) < 4.78 is 59.8. The van der Waals surface area contributed by atoms with Crippen LogP contribution < -0.4 is 20.4 Å². The largest absolute Gasteiger partial charge is 0.442 e. The Hall–Kier alpha value is -3.66. The summed E-state index contributed by atoms with van der Waals surface area (Å²) in [7, 11) is 1.29. The fourth-order valence-corrected chi connectivity index (χ4v) is 4.19. The Kier molecular flexibility index (Phi) is 10.1. The lowest BCUT2D eigenvalue weighted by Gasteiger charge is -2.28. The molecule has 0 spiro atoms. The zero-order valence-electron chi connectivity index (χ0n) is 20.5. The quantitative estimate of drug-likeness (QED) is 0.302. The Morgan fingerprint density at radius 2 is 1.97 bits per heavy atom. The van der Waals surface area contributed by atoms with E-state index in [-0.39, 0.29) is 50.6 Å². The van der Waals surface area contributed by atoms with Crippen molar-refractivity contribution in [3.8, 4) is 0 Å². The van der Waals surface area contributed by atoms with Gasteiger partial charge in [0, 0.05) is 36.8 Å². The predicted octanol–water partition coefficient (Wildman–Crippen LogP) is 2.73. The van der Waals surface area contributed by atoms with Crippen molar-refractivity contribution in [1.82, 2.24) is 20.7 Å². The zero-order chi connectivity index (χ0) is 27.8. The van der Waals surface area contributed by atoms with Gasteiger partial charge in [0.1, 0.15) is 16.8 Å². The molecule has 1 aliphatic rings. The molecule has 0 bridgehead atoms. The van der Waals surface area contributed by atoms with E-state index in [4.69, 9.17) is 9.57 Å². The van der Waals surface area contributed by atoms with Crippen LogP contribution in [-0.4, -0.2) is 80.4 Å². The smallest absolute Gasteiger partial charge is 0.414 e. The lowest BCUT2D eigenvalue weighted by molar-refractivity contribution is -0.132. The number of hydrogen-bond donors (Lipinski definition) is 2. The minimum absolute atomic E-state index is 0.0138. The van der Waals surface area contributed by atoms with Gasteiger partial charge < -0.3 is 20.3 Å². The molecule has 0 aliphatic carbocycles. The lowest BCUT2D eigenvalue weighted by Crippen LogP contribution is -2.43. The van der Waals surface area contributed by atoms with E-state index in [1.165, 1.54) is 23.3 Å². The van der Waals surface area contributed by atoms with E-state index < -0.39 is 42.2 Å². The van der Waals surface area contributed by atoms with Crippen molar-refractivity contribution in [3.05, 3.63) is 40.4 Å². The van der Waals surface area contributed by atoms with Crippen molar-refractivity contribution in [2.75, 3.05) is 49.6 Å². The van der Waals surface area contributed by atoms with Crippen LogP contribution in [0.1, 0.15) is 11.9 Å². The molecular weight excluding hydrogens is 536 g/mol. The SMILES string of the molecule is CCN(CCN(OC)C(=O)NCc1nccs1)c1c(F)cc(N2C[C@H](CNC(=O)C(F)F)OC2=O)cc1F. The number of nitrogens with zero attached hydrogens (tertiary/aromatic N) is 4. The van der Waals surface area contributed by atoms with Gasteiger partial charge in [-0.3, -0.25) is 14.5 Å². The van der Waals surface area contributed by atoms with Crippen molar-refractivity contribution in [2.45, 2.75) is 26.0 Å². The van der Waals surface area contributed by atoms with Gasteiger partial charge in [0.15, 0.2) is 11.6 Å². The summed E-state index contributed by atoms with van der Waals surface area (Å²) in [5, 5.41) is 8.04. The standard InChI is InChI=1S/C22H26F4N6O5S/c1-3-30(5-6-32(36-2)21(34)29-11-17-27-4-7-38-17)18-15(23)8-13(9-16(18)24)31-12-14(37-22(31)35)10-28-20(33)19(25)26/h4,7-9,14,19H,3,5-6,10-12H2,1-2H3,(H,28,33)(H,29,34)/t14-/m0/s1. The molecule has 1 fully saturated rings.